The number of rotatable bonds is 6. The highest BCUT2D eigenvalue weighted by Gasteiger charge is 2.15. The van der Waals surface area contributed by atoms with Crippen molar-refractivity contribution in [1.29, 1.82) is 0 Å². The molecule has 1 amide bonds. The second-order valence-electron chi connectivity index (χ2n) is 5.52. The summed E-state index contributed by atoms with van der Waals surface area (Å²) in [6.07, 6.45) is 0. The van der Waals surface area contributed by atoms with E-state index in [0.29, 0.717) is 22.8 Å². The van der Waals surface area contributed by atoms with Crippen LogP contribution < -0.4 is 10.2 Å². The number of nitrogens with zero attached hydrogens (tertiary/aromatic N) is 1. The second-order valence-corrected chi connectivity index (χ2v) is 5.92. The van der Waals surface area contributed by atoms with Crippen LogP contribution in [0, 0.1) is 6.92 Å². The van der Waals surface area contributed by atoms with Gasteiger partial charge in [0, 0.05) is 12.2 Å². The molecule has 0 aromatic heterocycles. The maximum absolute atomic E-state index is 12.6. The number of nitrogens with one attached hydrogen (secondary N) is 1. The number of methoxy groups -OCH3 is 1. The first kappa shape index (κ1) is 18.8. The first-order valence-corrected chi connectivity index (χ1v) is 8.32. The monoisotopic (exact) mass is 360 g/mol. The Morgan fingerprint density at radius 1 is 1.20 bits per heavy atom. The Morgan fingerprint density at radius 3 is 2.60 bits per heavy atom. The van der Waals surface area contributed by atoms with Crippen molar-refractivity contribution in [3.05, 3.63) is 58.6 Å². The van der Waals surface area contributed by atoms with Crippen LogP contribution in [0.4, 0.5) is 11.4 Å². The molecule has 0 fully saturated rings. The van der Waals surface area contributed by atoms with Crippen LogP contribution in [0.5, 0.6) is 0 Å². The van der Waals surface area contributed by atoms with Gasteiger partial charge in [-0.05, 0) is 49.7 Å². The van der Waals surface area contributed by atoms with Gasteiger partial charge in [-0.3, -0.25) is 4.79 Å². The summed E-state index contributed by atoms with van der Waals surface area (Å²) >= 11 is 6.14. The van der Waals surface area contributed by atoms with Crippen LogP contribution in [0.25, 0.3) is 0 Å². The minimum Gasteiger partial charge on any atom is -0.465 e. The van der Waals surface area contributed by atoms with E-state index in [1.54, 1.807) is 23.1 Å². The number of halogens is 1. The standard InChI is InChI=1S/C19H21ClN2O3/c1-4-22(15-7-5-6-13(2)10-15)18(23)12-21-17-11-14(19(24)25-3)8-9-16(17)20/h5-11,21H,4,12H2,1-3H3. The molecule has 0 atom stereocenters. The van der Waals surface area contributed by atoms with E-state index in [9.17, 15) is 9.59 Å². The van der Waals surface area contributed by atoms with Crippen molar-refractivity contribution < 1.29 is 14.3 Å². The molecule has 0 aliphatic rings. The van der Waals surface area contributed by atoms with E-state index in [1.165, 1.54) is 7.11 Å². The Bertz CT molecular complexity index is 777. The van der Waals surface area contributed by atoms with Gasteiger partial charge in [0.15, 0.2) is 0 Å². The minimum atomic E-state index is -0.457. The number of esters is 1. The highest BCUT2D eigenvalue weighted by Crippen LogP contribution is 2.23. The Kier molecular flexibility index (Phi) is 6.42. The smallest absolute Gasteiger partial charge is 0.337 e. The zero-order valence-electron chi connectivity index (χ0n) is 14.5. The van der Waals surface area contributed by atoms with Gasteiger partial charge in [0.2, 0.25) is 5.91 Å². The number of anilines is 2. The molecular weight excluding hydrogens is 340 g/mol. The Labute approximate surface area is 152 Å². The minimum absolute atomic E-state index is 0.0616. The van der Waals surface area contributed by atoms with Crippen molar-refractivity contribution >= 4 is 34.9 Å². The summed E-state index contributed by atoms with van der Waals surface area (Å²) < 4.78 is 4.70. The Balaban J connectivity index is 2.12. The van der Waals surface area contributed by atoms with E-state index >= 15 is 0 Å². The van der Waals surface area contributed by atoms with Crippen molar-refractivity contribution in [2.45, 2.75) is 13.8 Å². The lowest BCUT2D eigenvalue weighted by Crippen LogP contribution is -2.35. The van der Waals surface area contributed by atoms with Crippen LogP contribution in [0.3, 0.4) is 0 Å². The van der Waals surface area contributed by atoms with E-state index < -0.39 is 5.97 Å². The molecule has 5 nitrogen and oxygen atoms in total. The molecule has 0 heterocycles. The Hall–Kier alpha value is -2.53. The van der Waals surface area contributed by atoms with Crippen LogP contribution in [0.15, 0.2) is 42.5 Å². The molecule has 132 valence electrons. The topological polar surface area (TPSA) is 58.6 Å². The number of amides is 1. The molecule has 0 spiro atoms. The first-order chi connectivity index (χ1) is 12.0. The van der Waals surface area contributed by atoms with Crippen molar-refractivity contribution in [2.24, 2.45) is 0 Å². The van der Waals surface area contributed by atoms with Crippen LogP contribution >= 0.6 is 11.6 Å². The zero-order valence-corrected chi connectivity index (χ0v) is 15.3. The van der Waals surface area contributed by atoms with E-state index in [2.05, 4.69) is 5.32 Å². The van der Waals surface area contributed by atoms with Crippen molar-refractivity contribution in [1.82, 2.24) is 0 Å². The predicted octanol–water partition coefficient (Wildman–Crippen LogP) is 3.90. The lowest BCUT2D eigenvalue weighted by atomic mass is 10.2. The quantitative estimate of drug-likeness (QED) is 0.794. The SMILES string of the molecule is CCN(C(=O)CNc1cc(C(=O)OC)ccc1Cl)c1cccc(C)c1. The third kappa shape index (κ3) is 4.73. The average molecular weight is 361 g/mol. The third-order valence-electron chi connectivity index (χ3n) is 3.75. The van der Waals surface area contributed by atoms with Crippen molar-refractivity contribution in [3.8, 4) is 0 Å². The summed E-state index contributed by atoms with van der Waals surface area (Å²) in [5, 5.41) is 3.43. The highest BCUT2D eigenvalue weighted by molar-refractivity contribution is 6.33. The number of aryl methyl sites for hydroxylation is 1. The number of likely N-dealkylation sites (N-methyl/N-ethyl adjacent to an activating group) is 1. The molecule has 1 N–H and O–H groups in total. The number of carbonyl (C=O) groups is 2. The van der Waals surface area contributed by atoms with E-state index in [4.69, 9.17) is 16.3 Å². The van der Waals surface area contributed by atoms with Gasteiger partial charge in [0.05, 0.1) is 29.9 Å². The zero-order chi connectivity index (χ0) is 18.4. The number of benzene rings is 2. The Morgan fingerprint density at radius 2 is 1.96 bits per heavy atom. The van der Waals surface area contributed by atoms with Gasteiger partial charge in [-0.1, -0.05) is 23.7 Å². The molecular formula is C19H21ClN2O3. The third-order valence-corrected chi connectivity index (χ3v) is 4.08. The fourth-order valence-electron chi connectivity index (χ4n) is 2.47. The summed E-state index contributed by atoms with van der Waals surface area (Å²) in [7, 11) is 1.31. The average Bonchev–Trinajstić information content (AvgIpc) is 2.61. The largest absolute Gasteiger partial charge is 0.465 e. The number of hydrogen-bond donors (Lipinski definition) is 1. The normalized spacial score (nSPS) is 10.2. The fourth-order valence-corrected chi connectivity index (χ4v) is 2.65. The van der Waals surface area contributed by atoms with Gasteiger partial charge in [-0.2, -0.15) is 0 Å². The fraction of sp³-hybridized carbons (Fsp3) is 0.263. The van der Waals surface area contributed by atoms with Gasteiger partial charge < -0.3 is 15.0 Å². The van der Waals surface area contributed by atoms with Crippen LogP contribution in [0.1, 0.15) is 22.8 Å². The molecule has 0 saturated carbocycles. The molecule has 2 rings (SSSR count). The summed E-state index contributed by atoms with van der Waals surface area (Å²) in [6, 6.07) is 12.5. The van der Waals surface area contributed by atoms with Gasteiger partial charge in [0.25, 0.3) is 0 Å². The molecule has 0 radical (unpaired) electrons. The summed E-state index contributed by atoms with van der Waals surface area (Å²) in [4.78, 5) is 25.9. The molecule has 0 aliphatic carbocycles. The molecule has 0 bridgehead atoms. The van der Waals surface area contributed by atoms with Crippen LogP contribution in [-0.4, -0.2) is 32.1 Å². The van der Waals surface area contributed by atoms with E-state index in [1.807, 2.05) is 38.1 Å². The van der Waals surface area contributed by atoms with Crippen LogP contribution in [0.2, 0.25) is 5.02 Å². The summed E-state index contributed by atoms with van der Waals surface area (Å²) in [5.41, 5.74) is 2.82. The molecule has 6 heteroatoms. The van der Waals surface area contributed by atoms with Gasteiger partial charge >= 0.3 is 5.97 Å². The molecule has 0 saturated heterocycles. The van der Waals surface area contributed by atoms with Crippen LogP contribution in [-0.2, 0) is 9.53 Å². The first-order valence-electron chi connectivity index (χ1n) is 7.95. The molecule has 0 aliphatic heterocycles. The van der Waals surface area contributed by atoms with E-state index in [-0.39, 0.29) is 12.5 Å². The van der Waals surface area contributed by atoms with E-state index in [0.717, 1.165) is 11.3 Å². The van der Waals surface area contributed by atoms with Gasteiger partial charge in [0.1, 0.15) is 0 Å². The summed E-state index contributed by atoms with van der Waals surface area (Å²) in [6.45, 7) is 4.52. The number of carbonyl (C=O) groups excluding carboxylic acids is 2. The number of ether oxygens (including phenoxy) is 1. The summed E-state index contributed by atoms with van der Waals surface area (Å²) in [5.74, 6) is -0.548. The lowest BCUT2D eigenvalue weighted by molar-refractivity contribution is -0.116. The second kappa shape index (κ2) is 8.53. The lowest BCUT2D eigenvalue weighted by Gasteiger charge is -2.22. The van der Waals surface area contributed by atoms with Crippen molar-refractivity contribution in [2.75, 3.05) is 30.4 Å². The van der Waals surface area contributed by atoms with Gasteiger partial charge in [-0.15, -0.1) is 0 Å². The molecule has 25 heavy (non-hydrogen) atoms. The maximum atomic E-state index is 12.6. The highest BCUT2D eigenvalue weighted by atomic mass is 35.5. The molecule has 0 unspecified atom stereocenters. The predicted molar refractivity (Wildman–Crippen MR) is 100 cm³/mol. The van der Waals surface area contributed by atoms with Gasteiger partial charge in [-0.25, -0.2) is 4.79 Å². The maximum Gasteiger partial charge on any atom is 0.337 e. The molecule has 2 aromatic rings. The molecule has 2 aromatic carbocycles. The number of hydrogen-bond acceptors (Lipinski definition) is 4. The van der Waals surface area contributed by atoms with Crippen molar-refractivity contribution in [3.63, 3.8) is 0 Å².